The summed E-state index contributed by atoms with van der Waals surface area (Å²) in [6.45, 7) is 9.66. The lowest BCUT2D eigenvalue weighted by atomic mass is 9.35. The minimum Gasteiger partial charge on any atom is -0.508 e. The molecule has 0 atom stereocenters. The molecule has 0 spiro atoms. The first-order valence-corrected chi connectivity index (χ1v) is 8.45. The molecule has 4 bridgehead atoms. The topological polar surface area (TPSA) is 20.2 Å². The summed E-state index contributed by atoms with van der Waals surface area (Å²) in [5, 5.41) is 10.5. The van der Waals surface area contributed by atoms with E-state index in [9.17, 15) is 5.11 Å². The average molecular weight is 284 g/mol. The van der Waals surface area contributed by atoms with Gasteiger partial charge in [-0.3, -0.25) is 0 Å². The lowest BCUT2D eigenvalue weighted by Crippen LogP contribution is -2.60. The number of aryl methyl sites for hydroxylation is 1. The van der Waals surface area contributed by atoms with Gasteiger partial charge in [-0.1, -0.05) is 38.5 Å². The van der Waals surface area contributed by atoms with Crippen LogP contribution in [-0.2, 0) is 5.41 Å². The second-order valence-electron chi connectivity index (χ2n) is 9.79. The minimum atomic E-state index is 0.211. The van der Waals surface area contributed by atoms with E-state index in [1.165, 1.54) is 49.7 Å². The molecule has 0 amide bonds. The number of aromatic hydroxyl groups is 1. The van der Waals surface area contributed by atoms with Gasteiger partial charge in [-0.2, -0.15) is 0 Å². The predicted octanol–water partition coefficient (Wildman–Crippen LogP) is 5.34. The average Bonchev–Trinajstić information content (AvgIpc) is 2.25. The molecule has 1 aromatic carbocycles. The number of benzene rings is 1. The van der Waals surface area contributed by atoms with E-state index < -0.39 is 0 Å². The van der Waals surface area contributed by atoms with Crippen molar-refractivity contribution in [3.63, 3.8) is 0 Å². The second-order valence-corrected chi connectivity index (χ2v) is 9.79. The summed E-state index contributed by atoms with van der Waals surface area (Å²) in [5.41, 5.74) is 4.13. The summed E-state index contributed by atoms with van der Waals surface area (Å²) in [5.74, 6) is 0.526. The molecule has 4 aliphatic rings. The van der Waals surface area contributed by atoms with Gasteiger partial charge >= 0.3 is 0 Å². The molecule has 1 heteroatoms. The molecule has 1 N–H and O–H groups in total. The zero-order chi connectivity index (χ0) is 15.1. The molecule has 0 radical (unpaired) electrons. The summed E-state index contributed by atoms with van der Waals surface area (Å²) in [6, 6.07) is 6.21. The van der Waals surface area contributed by atoms with Gasteiger partial charge in [-0.15, -0.1) is 0 Å². The molecule has 0 saturated heterocycles. The van der Waals surface area contributed by atoms with Crippen molar-refractivity contribution in [3.8, 4) is 5.75 Å². The normalized spacial score (nSPS) is 47.8. The summed E-state index contributed by atoms with van der Waals surface area (Å²) in [7, 11) is 0. The number of rotatable bonds is 1. The van der Waals surface area contributed by atoms with Crippen LogP contribution in [-0.4, -0.2) is 5.11 Å². The Morgan fingerprint density at radius 2 is 1.29 bits per heavy atom. The van der Waals surface area contributed by atoms with Crippen molar-refractivity contribution in [2.75, 3.05) is 0 Å². The fourth-order valence-corrected chi connectivity index (χ4v) is 7.65. The molecule has 114 valence electrons. The van der Waals surface area contributed by atoms with Crippen molar-refractivity contribution in [1.82, 2.24) is 0 Å². The van der Waals surface area contributed by atoms with Crippen LogP contribution in [0.25, 0.3) is 0 Å². The SMILES string of the molecule is Cc1ccc(O)c(C23CC4(C)CC(C)(CC(C)(C4)C2)C3)c1. The van der Waals surface area contributed by atoms with Crippen molar-refractivity contribution in [2.24, 2.45) is 16.2 Å². The molecule has 0 aliphatic heterocycles. The van der Waals surface area contributed by atoms with Crippen molar-refractivity contribution >= 4 is 0 Å². The Kier molecular flexibility index (Phi) is 2.39. The van der Waals surface area contributed by atoms with Crippen molar-refractivity contribution < 1.29 is 5.11 Å². The maximum absolute atomic E-state index is 10.5. The molecule has 0 unspecified atom stereocenters. The minimum absolute atomic E-state index is 0.211. The third kappa shape index (κ3) is 1.89. The third-order valence-electron chi connectivity index (χ3n) is 6.58. The highest BCUT2D eigenvalue weighted by molar-refractivity contribution is 5.44. The zero-order valence-corrected chi connectivity index (χ0v) is 13.9. The monoisotopic (exact) mass is 284 g/mol. The van der Waals surface area contributed by atoms with Crippen LogP contribution < -0.4 is 0 Å². The van der Waals surface area contributed by atoms with Crippen LogP contribution in [0.3, 0.4) is 0 Å². The van der Waals surface area contributed by atoms with E-state index in [0.29, 0.717) is 22.0 Å². The van der Waals surface area contributed by atoms with E-state index in [2.05, 4.69) is 33.8 Å². The van der Waals surface area contributed by atoms with E-state index in [0.717, 1.165) is 0 Å². The fourth-order valence-electron chi connectivity index (χ4n) is 7.65. The van der Waals surface area contributed by atoms with E-state index >= 15 is 0 Å². The molecular weight excluding hydrogens is 256 g/mol. The van der Waals surface area contributed by atoms with E-state index in [1.807, 2.05) is 12.1 Å². The van der Waals surface area contributed by atoms with Gasteiger partial charge in [0.25, 0.3) is 0 Å². The van der Waals surface area contributed by atoms with Crippen LogP contribution in [0.2, 0.25) is 0 Å². The molecule has 0 heterocycles. The van der Waals surface area contributed by atoms with Crippen LogP contribution in [0.15, 0.2) is 18.2 Å². The number of hydrogen-bond acceptors (Lipinski definition) is 1. The van der Waals surface area contributed by atoms with Crippen LogP contribution in [0.4, 0.5) is 0 Å². The van der Waals surface area contributed by atoms with Gasteiger partial charge in [0.2, 0.25) is 0 Å². The van der Waals surface area contributed by atoms with Crippen molar-refractivity contribution in [2.45, 2.75) is 71.6 Å². The largest absolute Gasteiger partial charge is 0.508 e. The van der Waals surface area contributed by atoms with Crippen LogP contribution in [0.1, 0.15) is 70.4 Å². The molecule has 4 saturated carbocycles. The molecule has 5 rings (SSSR count). The Balaban J connectivity index is 1.90. The maximum Gasteiger partial charge on any atom is 0.119 e. The Hall–Kier alpha value is -0.980. The molecule has 1 nitrogen and oxygen atoms in total. The summed E-state index contributed by atoms with van der Waals surface area (Å²) < 4.78 is 0. The molecule has 21 heavy (non-hydrogen) atoms. The summed E-state index contributed by atoms with van der Waals surface area (Å²) >= 11 is 0. The number of phenols is 1. The predicted molar refractivity (Wildman–Crippen MR) is 86.5 cm³/mol. The Morgan fingerprint density at radius 3 is 1.76 bits per heavy atom. The molecule has 4 aliphatic carbocycles. The highest BCUT2D eigenvalue weighted by Crippen LogP contribution is 2.74. The van der Waals surface area contributed by atoms with Crippen molar-refractivity contribution in [3.05, 3.63) is 29.3 Å². The molecule has 4 fully saturated rings. The molecular formula is C20H28O. The molecule has 0 aromatic heterocycles. The van der Waals surface area contributed by atoms with Gasteiger partial charge in [0.15, 0.2) is 0 Å². The standard InChI is InChI=1S/C20H28O/c1-14-5-6-16(21)15(7-14)20-11-17(2)8-18(3,12-20)10-19(4,9-17)13-20/h5-7,21H,8-13H2,1-4H3. The van der Waals surface area contributed by atoms with Gasteiger partial charge in [0.05, 0.1) is 0 Å². The number of hydrogen-bond donors (Lipinski definition) is 1. The smallest absolute Gasteiger partial charge is 0.119 e. The van der Waals surface area contributed by atoms with E-state index in [4.69, 9.17) is 0 Å². The maximum atomic E-state index is 10.5. The van der Waals surface area contributed by atoms with Gasteiger partial charge in [0.1, 0.15) is 5.75 Å². The fraction of sp³-hybridized carbons (Fsp3) is 0.700. The van der Waals surface area contributed by atoms with Crippen molar-refractivity contribution in [1.29, 1.82) is 0 Å². The lowest BCUT2D eigenvalue weighted by Gasteiger charge is -2.69. The highest BCUT2D eigenvalue weighted by atomic mass is 16.3. The molecule has 1 aromatic rings. The van der Waals surface area contributed by atoms with Gasteiger partial charge in [-0.25, -0.2) is 0 Å². The first-order valence-electron chi connectivity index (χ1n) is 8.45. The van der Waals surface area contributed by atoms with E-state index in [-0.39, 0.29) is 5.41 Å². The van der Waals surface area contributed by atoms with Crippen LogP contribution in [0.5, 0.6) is 5.75 Å². The zero-order valence-electron chi connectivity index (χ0n) is 13.9. The van der Waals surface area contributed by atoms with Gasteiger partial charge in [0, 0.05) is 11.0 Å². The quantitative estimate of drug-likeness (QED) is 0.738. The van der Waals surface area contributed by atoms with E-state index in [1.54, 1.807) is 0 Å². The van der Waals surface area contributed by atoms with Crippen LogP contribution in [0, 0.1) is 23.2 Å². The Morgan fingerprint density at radius 1 is 0.810 bits per heavy atom. The first kappa shape index (κ1) is 13.7. The number of phenolic OH excluding ortho intramolecular Hbond substituents is 1. The Labute approximate surface area is 128 Å². The summed E-state index contributed by atoms with van der Waals surface area (Å²) in [4.78, 5) is 0. The third-order valence-corrected chi connectivity index (χ3v) is 6.58. The Bertz CT molecular complexity index is 561. The highest BCUT2D eigenvalue weighted by Gasteiger charge is 2.64. The van der Waals surface area contributed by atoms with Gasteiger partial charge in [-0.05, 0) is 67.8 Å². The van der Waals surface area contributed by atoms with Crippen LogP contribution >= 0.6 is 0 Å². The second kappa shape index (κ2) is 3.67. The first-order chi connectivity index (χ1) is 9.65. The lowest BCUT2D eigenvalue weighted by molar-refractivity contribution is -0.152. The van der Waals surface area contributed by atoms with Gasteiger partial charge < -0.3 is 5.11 Å². The summed E-state index contributed by atoms with van der Waals surface area (Å²) in [6.07, 6.45) is 7.93.